The lowest BCUT2D eigenvalue weighted by Gasteiger charge is -2.36. The average Bonchev–Trinajstić information content (AvgIpc) is 2.64. The number of alkyl halides is 2. The summed E-state index contributed by atoms with van der Waals surface area (Å²) in [5.41, 5.74) is 5.58. The van der Waals surface area contributed by atoms with Crippen LogP contribution in [0.4, 0.5) is 13.2 Å². The Morgan fingerprint density at radius 2 is 2.00 bits per heavy atom. The third-order valence-electron chi connectivity index (χ3n) is 4.66. The van der Waals surface area contributed by atoms with E-state index in [2.05, 4.69) is 5.32 Å². The highest BCUT2D eigenvalue weighted by molar-refractivity contribution is 6.36. The van der Waals surface area contributed by atoms with Crippen LogP contribution in [-0.2, 0) is 9.53 Å². The number of hydrogen-bond acceptors (Lipinski definition) is 4. The molecule has 5 nitrogen and oxygen atoms in total. The van der Waals surface area contributed by atoms with Gasteiger partial charge in [-0.15, -0.1) is 0 Å². The Kier molecular flexibility index (Phi) is 6.81. The number of halogens is 5. The molecule has 0 radical (unpaired) electrons. The summed E-state index contributed by atoms with van der Waals surface area (Å²) < 4.78 is 50.1. The van der Waals surface area contributed by atoms with Gasteiger partial charge in [-0.05, 0) is 30.7 Å². The zero-order chi connectivity index (χ0) is 22.1. The van der Waals surface area contributed by atoms with E-state index in [1.165, 1.54) is 24.3 Å². The van der Waals surface area contributed by atoms with Crippen molar-refractivity contribution in [2.45, 2.75) is 24.9 Å². The molecule has 0 unspecified atom stereocenters. The van der Waals surface area contributed by atoms with Gasteiger partial charge in [-0.3, -0.25) is 4.79 Å². The topological polar surface area (TPSA) is 73.6 Å². The number of amides is 1. The Morgan fingerprint density at radius 1 is 1.30 bits per heavy atom. The quantitative estimate of drug-likeness (QED) is 0.641. The molecular formula is C20H19Cl2F3N2O3. The normalized spacial score (nSPS) is 16.1. The molecule has 1 amide bonds. The van der Waals surface area contributed by atoms with Crippen molar-refractivity contribution in [3.8, 4) is 16.9 Å². The monoisotopic (exact) mass is 462 g/mol. The van der Waals surface area contributed by atoms with E-state index in [-0.39, 0.29) is 40.1 Å². The number of ether oxygens (including phenoxy) is 2. The second kappa shape index (κ2) is 9.01. The fourth-order valence-electron chi connectivity index (χ4n) is 2.98. The Bertz CT molecular complexity index is 955. The third-order valence-corrected chi connectivity index (χ3v) is 5.16. The molecule has 0 spiro atoms. The van der Waals surface area contributed by atoms with Gasteiger partial charge in [0, 0.05) is 16.1 Å². The zero-order valence-electron chi connectivity index (χ0n) is 15.9. The minimum Gasteiger partial charge on any atom is -0.485 e. The molecule has 1 fully saturated rings. The first-order valence-electron chi connectivity index (χ1n) is 8.98. The smallest absolute Gasteiger partial charge is 0.272 e. The lowest BCUT2D eigenvalue weighted by molar-refractivity contribution is -0.144. The Labute approximate surface area is 181 Å². The van der Waals surface area contributed by atoms with E-state index >= 15 is 0 Å². The fourth-order valence-corrected chi connectivity index (χ4v) is 3.53. The van der Waals surface area contributed by atoms with Crippen LogP contribution in [0.2, 0.25) is 10.0 Å². The average molecular weight is 463 g/mol. The molecule has 1 aliphatic rings. The fraction of sp³-hybridized carbons (Fsp3) is 0.350. The van der Waals surface area contributed by atoms with Gasteiger partial charge in [0.15, 0.2) is 0 Å². The van der Waals surface area contributed by atoms with E-state index < -0.39 is 36.3 Å². The summed E-state index contributed by atoms with van der Waals surface area (Å²) in [5.74, 6) is -1.08. The van der Waals surface area contributed by atoms with E-state index in [1.54, 1.807) is 13.0 Å². The number of benzene rings is 2. The van der Waals surface area contributed by atoms with Gasteiger partial charge in [0.25, 0.3) is 6.43 Å². The lowest BCUT2D eigenvalue weighted by atomic mass is 9.96. The van der Waals surface area contributed by atoms with E-state index in [9.17, 15) is 18.0 Å². The number of carbonyl (C=O) groups excluding carboxylic acids is 1. The van der Waals surface area contributed by atoms with Crippen molar-refractivity contribution in [3.63, 3.8) is 0 Å². The summed E-state index contributed by atoms with van der Waals surface area (Å²) in [6.45, 7) is 0.947. The Hall–Kier alpha value is -2.00. The maximum Gasteiger partial charge on any atom is 0.272 e. The Morgan fingerprint density at radius 3 is 2.57 bits per heavy atom. The standard InChI is InChI=1S/C20H19Cl2F3N2O3/c1-10(27-19(28)20(26)8-29-9-20)13-3-2-11(4-16(13)23)14-5-12(21)6-15(22)18(14)30-7-17(24)25/h2-6,10,17H,7-9,26H2,1H3,(H,27,28)/t10-/m1/s1. The van der Waals surface area contributed by atoms with Crippen LogP contribution < -0.4 is 15.8 Å². The summed E-state index contributed by atoms with van der Waals surface area (Å²) in [4.78, 5) is 12.2. The van der Waals surface area contributed by atoms with Gasteiger partial charge in [0.1, 0.15) is 23.7 Å². The molecule has 2 aromatic rings. The lowest BCUT2D eigenvalue weighted by Crippen LogP contribution is -2.66. The first-order valence-corrected chi connectivity index (χ1v) is 9.74. The molecule has 1 saturated heterocycles. The minimum absolute atomic E-state index is 0.0232. The van der Waals surface area contributed by atoms with Crippen molar-refractivity contribution >= 4 is 29.1 Å². The predicted molar refractivity (Wildman–Crippen MR) is 108 cm³/mol. The van der Waals surface area contributed by atoms with Crippen LogP contribution in [0.1, 0.15) is 18.5 Å². The van der Waals surface area contributed by atoms with Crippen molar-refractivity contribution in [3.05, 3.63) is 51.8 Å². The van der Waals surface area contributed by atoms with E-state index in [4.69, 9.17) is 38.4 Å². The van der Waals surface area contributed by atoms with Crippen LogP contribution in [0.3, 0.4) is 0 Å². The van der Waals surface area contributed by atoms with E-state index in [1.807, 2.05) is 0 Å². The molecule has 0 aromatic heterocycles. The summed E-state index contributed by atoms with van der Waals surface area (Å²) in [6.07, 6.45) is -2.71. The van der Waals surface area contributed by atoms with Crippen LogP contribution in [0.15, 0.2) is 30.3 Å². The highest BCUT2D eigenvalue weighted by atomic mass is 35.5. The van der Waals surface area contributed by atoms with Gasteiger partial charge in [0.2, 0.25) is 5.91 Å². The molecule has 0 aliphatic carbocycles. The maximum absolute atomic E-state index is 14.8. The maximum atomic E-state index is 14.8. The van der Waals surface area contributed by atoms with Gasteiger partial charge in [-0.25, -0.2) is 13.2 Å². The predicted octanol–water partition coefficient (Wildman–Crippen LogP) is 4.35. The van der Waals surface area contributed by atoms with Gasteiger partial charge in [-0.1, -0.05) is 35.3 Å². The molecule has 1 aliphatic heterocycles. The molecule has 1 atom stereocenters. The van der Waals surface area contributed by atoms with Crippen molar-refractivity contribution in [2.24, 2.45) is 5.73 Å². The van der Waals surface area contributed by atoms with Crippen LogP contribution in [0.25, 0.3) is 11.1 Å². The molecule has 0 saturated carbocycles. The molecule has 162 valence electrons. The summed E-state index contributed by atoms with van der Waals surface area (Å²) in [6, 6.07) is 6.36. The highest BCUT2D eigenvalue weighted by Crippen LogP contribution is 2.40. The molecule has 2 aromatic carbocycles. The van der Waals surface area contributed by atoms with Crippen LogP contribution in [-0.4, -0.2) is 37.7 Å². The van der Waals surface area contributed by atoms with Crippen LogP contribution in [0.5, 0.6) is 5.75 Å². The SMILES string of the molecule is C[C@@H](NC(=O)C1(N)COC1)c1ccc(-c2cc(Cl)cc(Cl)c2OCC(F)F)cc1F. The van der Waals surface area contributed by atoms with E-state index in [0.29, 0.717) is 5.56 Å². The van der Waals surface area contributed by atoms with Crippen molar-refractivity contribution in [1.82, 2.24) is 5.32 Å². The second-order valence-electron chi connectivity index (χ2n) is 7.05. The molecule has 1 heterocycles. The Balaban J connectivity index is 1.87. The van der Waals surface area contributed by atoms with E-state index in [0.717, 1.165) is 0 Å². The van der Waals surface area contributed by atoms with Gasteiger partial charge in [-0.2, -0.15) is 0 Å². The first-order chi connectivity index (χ1) is 14.1. The third kappa shape index (κ3) is 4.83. The summed E-state index contributed by atoms with van der Waals surface area (Å²) in [7, 11) is 0. The van der Waals surface area contributed by atoms with Crippen LogP contribution in [0, 0.1) is 5.82 Å². The number of hydrogen-bond donors (Lipinski definition) is 2. The first kappa shape index (κ1) is 22.7. The largest absolute Gasteiger partial charge is 0.485 e. The van der Waals surface area contributed by atoms with Crippen LogP contribution >= 0.6 is 23.2 Å². The zero-order valence-corrected chi connectivity index (χ0v) is 17.4. The highest BCUT2D eigenvalue weighted by Gasteiger charge is 2.42. The van der Waals surface area contributed by atoms with Crippen molar-refractivity contribution in [1.29, 1.82) is 0 Å². The van der Waals surface area contributed by atoms with Gasteiger partial charge in [0.05, 0.1) is 24.3 Å². The van der Waals surface area contributed by atoms with Gasteiger partial charge >= 0.3 is 0 Å². The molecule has 3 rings (SSSR count). The molecule has 10 heteroatoms. The number of rotatable bonds is 7. The summed E-state index contributed by atoms with van der Waals surface area (Å²) in [5, 5.41) is 2.93. The minimum atomic E-state index is -2.71. The van der Waals surface area contributed by atoms with Crippen molar-refractivity contribution in [2.75, 3.05) is 19.8 Å². The number of carbonyl (C=O) groups is 1. The molecule has 3 N–H and O–H groups in total. The molecule has 0 bridgehead atoms. The van der Waals surface area contributed by atoms with Crippen molar-refractivity contribution < 1.29 is 27.4 Å². The number of nitrogens with one attached hydrogen (secondary N) is 1. The molecule has 30 heavy (non-hydrogen) atoms. The second-order valence-corrected chi connectivity index (χ2v) is 7.89. The summed E-state index contributed by atoms with van der Waals surface area (Å²) >= 11 is 12.1. The van der Waals surface area contributed by atoms with Gasteiger partial charge < -0.3 is 20.5 Å². The number of nitrogens with two attached hydrogens (primary N) is 1. The molecular weight excluding hydrogens is 444 g/mol.